The van der Waals surface area contributed by atoms with Crippen molar-refractivity contribution >= 4 is 28.9 Å². The van der Waals surface area contributed by atoms with Crippen LogP contribution in [0.1, 0.15) is 33.3 Å². The van der Waals surface area contributed by atoms with Gasteiger partial charge in [0.1, 0.15) is 0 Å². The lowest BCUT2D eigenvalue weighted by Gasteiger charge is -2.32. The molecule has 1 nitrogen and oxygen atoms in total. The van der Waals surface area contributed by atoms with E-state index in [9.17, 15) is 0 Å². The summed E-state index contributed by atoms with van der Waals surface area (Å²) >= 11 is 12.1. The zero-order chi connectivity index (χ0) is 13.0. The van der Waals surface area contributed by atoms with Crippen LogP contribution in [0.2, 0.25) is 5.02 Å². The standard InChI is InChI=1S/C14H21Cl2N/c1-10(2)9-17(11(3)4)14-7-13(16)6-5-12(14)8-15/h5-7,10-11H,8-9H2,1-4H3. The Hall–Kier alpha value is -0.400. The van der Waals surface area contributed by atoms with Crippen LogP contribution >= 0.6 is 23.2 Å². The number of nitrogens with zero attached hydrogens (tertiary/aromatic N) is 1. The van der Waals surface area contributed by atoms with Crippen LogP contribution in [0, 0.1) is 5.92 Å². The van der Waals surface area contributed by atoms with Gasteiger partial charge in [-0.25, -0.2) is 0 Å². The minimum atomic E-state index is 0.442. The van der Waals surface area contributed by atoms with Gasteiger partial charge in [0, 0.05) is 29.2 Å². The molecular weight excluding hydrogens is 253 g/mol. The molecule has 3 heteroatoms. The van der Waals surface area contributed by atoms with Gasteiger partial charge in [0.05, 0.1) is 0 Å². The molecule has 0 saturated heterocycles. The molecule has 0 radical (unpaired) electrons. The fraction of sp³-hybridized carbons (Fsp3) is 0.571. The largest absolute Gasteiger partial charge is 0.369 e. The topological polar surface area (TPSA) is 3.24 Å². The summed E-state index contributed by atoms with van der Waals surface area (Å²) < 4.78 is 0. The molecule has 0 N–H and O–H groups in total. The molecule has 0 aliphatic carbocycles. The monoisotopic (exact) mass is 273 g/mol. The van der Waals surface area contributed by atoms with E-state index in [4.69, 9.17) is 23.2 Å². The third-order valence-corrected chi connectivity index (χ3v) is 3.21. The second-order valence-corrected chi connectivity index (χ2v) is 5.75. The van der Waals surface area contributed by atoms with Crippen LogP contribution in [0.4, 0.5) is 5.69 Å². The Balaban J connectivity index is 3.11. The summed E-state index contributed by atoms with van der Waals surface area (Å²) in [5.41, 5.74) is 2.31. The van der Waals surface area contributed by atoms with E-state index < -0.39 is 0 Å². The van der Waals surface area contributed by atoms with E-state index in [0.717, 1.165) is 22.8 Å². The molecule has 96 valence electrons. The second-order valence-electron chi connectivity index (χ2n) is 5.05. The molecule has 1 aromatic rings. The summed E-state index contributed by atoms with van der Waals surface area (Å²) in [5.74, 6) is 1.13. The predicted octanol–water partition coefficient (Wildman–Crippen LogP) is 4.95. The van der Waals surface area contributed by atoms with Gasteiger partial charge in [0.2, 0.25) is 0 Å². The van der Waals surface area contributed by atoms with E-state index in [1.54, 1.807) is 0 Å². The summed E-state index contributed by atoms with van der Waals surface area (Å²) in [6.45, 7) is 9.85. The average molecular weight is 274 g/mol. The molecule has 0 saturated carbocycles. The first-order valence-electron chi connectivity index (χ1n) is 6.06. The maximum atomic E-state index is 6.09. The number of halogens is 2. The average Bonchev–Trinajstić information content (AvgIpc) is 2.25. The number of rotatable bonds is 5. The zero-order valence-corrected chi connectivity index (χ0v) is 12.5. The molecule has 0 fully saturated rings. The van der Waals surface area contributed by atoms with Gasteiger partial charge in [-0.05, 0) is 37.5 Å². The molecular formula is C14H21Cl2N. The Morgan fingerprint density at radius 3 is 2.29 bits per heavy atom. The zero-order valence-electron chi connectivity index (χ0n) is 11.0. The van der Waals surface area contributed by atoms with Crippen molar-refractivity contribution in [2.45, 2.75) is 39.6 Å². The minimum absolute atomic E-state index is 0.442. The highest BCUT2D eigenvalue weighted by Crippen LogP contribution is 2.28. The number of hydrogen-bond acceptors (Lipinski definition) is 1. The van der Waals surface area contributed by atoms with Crippen LogP contribution in [-0.2, 0) is 5.88 Å². The Labute approximate surface area is 115 Å². The van der Waals surface area contributed by atoms with Crippen molar-refractivity contribution in [3.8, 4) is 0 Å². The molecule has 0 aliphatic rings. The van der Waals surface area contributed by atoms with Crippen LogP contribution in [0.15, 0.2) is 18.2 Å². The second kappa shape index (κ2) is 6.51. The Morgan fingerprint density at radius 2 is 1.82 bits per heavy atom. The molecule has 0 unspecified atom stereocenters. The van der Waals surface area contributed by atoms with Crippen LogP contribution in [-0.4, -0.2) is 12.6 Å². The molecule has 0 aromatic heterocycles. The van der Waals surface area contributed by atoms with Gasteiger partial charge in [-0.2, -0.15) is 0 Å². The highest BCUT2D eigenvalue weighted by Gasteiger charge is 2.15. The molecule has 0 bridgehead atoms. The molecule has 1 aromatic carbocycles. The number of benzene rings is 1. The SMILES string of the molecule is CC(C)CN(c1cc(Cl)ccc1CCl)C(C)C. The fourth-order valence-electron chi connectivity index (χ4n) is 1.90. The van der Waals surface area contributed by atoms with E-state index >= 15 is 0 Å². The molecule has 0 heterocycles. The lowest BCUT2D eigenvalue weighted by Crippen LogP contribution is -2.34. The molecule has 17 heavy (non-hydrogen) atoms. The first-order chi connectivity index (χ1) is 7.95. The van der Waals surface area contributed by atoms with E-state index in [1.165, 1.54) is 0 Å². The van der Waals surface area contributed by atoms with Crippen molar-refractivity contribution < 1.29 is 0 Å². The summed E-state index contributed by atoms with van der Waals surface area (Å²) in [7, 11) is 0. The predicted molar refractivity (Wildman–Crippen MR) is 78.3 cm³/mol. The van der Waals surface area contributed by atoms with Crippen molar-refractivity contribution in [1.82, 2.24) is 0 Å². The van der Waals surface area contributed by atoms with Crippen molar-refractivity contribution in [2.24, 2.45) is 5.92 Å². The summed E-state index contributed by atoms with van der Waals surface area (Å²) in [6.07, 6.45) is 0. The quantitative estimate of drug-likeness (QED) is 0.687. The number of anilines is 1. The maximum Gasteiger partial charge on any atom is 0.0494 e. The third kappa shape index (κ3) is 4.08. The molecule has 0 amide bonds. The lowest BCUT2D eigenvalue weighted by molar-refractivity contribution is 0.570. The highest BCUT2D eigenvalue weighted by molar-refractivity contribution is 6.31. The van der Waals surface area contributed by atoms with Crippen molar-refractivity contribution in [3.05, 3.63) is 28.8 Å². The number of hydrogen-bond donors (Lipinski definition) is 0. The van der Waals surface area contributed by atoms with E-state index in [0.29, 0.717) is 17.8 Å². The van der Waals surface area contributed by atoms with E-state index in [-0.39, 0.29) is 0 Å². The van der Waals surface area contributed by atoms with Gasteiger partial charge in [0.25, 0.3) is 0 Å². The van der Waals surface area contributed by atoms with Gasteiger partial charge in [-0.1, -0.05) is 31.5 Å². The van der Waals surface area contributed by atoms with Crippen molar-refractivity contribution in [3.63, 3.8) is 0 Å². The third-order valence-electron chi connectivity index (χ3n) is 2.69. The van der Waals surface area contributed by atoms with Gasteiger partial charge >= 0.3 is 0 Å². The van der Waals surface area contributed by atoms with Gasteiger partial charge in [-0.15, -0.1) is 11.6 Å². The Kier molecular flexibility index (Phi) is 5.61. The first kappa shape index (κ1) is 14.7. The van der Waals surface area contributed by atoms with Gasteiger partial charge < -0.3 is 4.90 Å². The molecule has 0 aliphatic heterocycles. The van der Waals surface area contributed by atoms with Crippen molar-refractivity contribution in [2.75, 3.05) is 11.4 Å². The van der Waals surface area contributed by atoms with E-state index in [2.05, 4.69) is 32.6 Å². The van der Waals surface area contributed by atoms with Crippen molar-refractivity contribution in [1.29, 1.82) is 0 Å². The van der Waals surface area contributed by atoms with Gasteiger partial charge in [-0.3, -0.25) is 0 Å². The summed E-state index contributed by atoms with van der Waals surface area (Å²) in [4.78, 5) is 2.37. The maximum absolute atomic E-state index is 6.09. The fourth-order valence-corrected chi connectivity index (χ4v) is 2.29. The van der Waals surface area contributed by atoms with Crippen LogP contribution in [0.3, 0.4) is 0 Å². The van der Waals surface area contributed by atoms with Gasteiger partial charge in [0.15, 0.2) is 0 Å². The summed E-state index contributed by atoms with van der Waals surface area (Å²) in [6, 6.07) is 6.37. The summed E-state index contributed by atoms with van der Waals surface area (Å²) in [5, 5.41) is 0.767. The normalized spacial score (nSPS) is 11.3. The first-order valence-corrected chi connectivity index (χ1v) is 6.98. The molecule has 0 spiro atoms. The highest BCUT2D eigenvalue weighted by atomic mass is 35.5. The lowest BCUT2D eigenvalue weighted by atomic mass is 10.1. The van der Waals surface area contributed by atoms with Crippen LogP contribution < -0.4 is 4.90 Å². The Bertz CT molecular complexity index is 361. The molecule has 0 atom stereocenters. The molecule has 1 rings (SSSR count). The van der Waals surface area contributed by atoms with Crippen LogP contribution in [0.25, 0.3) is 0 Å². The minimum Gasteiger partial charge on any atom is -0.369 e. The smallest absolute Gasteiger partial charge is 0.0494 e. The van der Waals surface area contributed by atoms with E-state index in [1.807, 2.05) is 18.2 Å². The van der Waals surface area contributed by atoms with Crippen LogP contribution in [0.5, 0.6) is 0 Å². The Morgan fingerprint density at radius 1 is 1.18 bits per heavy atom. The number of alkyl halides is 1.